The molecule has 0 fully saturated rings. The molecule has 1 N–H and O–H groups in total. The molecular formula is C23H20ClFN4. The lowest BCUT2D eigenvalue weighted by molar-refractivity contribution is 0.543. The van der Waals surface area contributed by atoms with Crippen LogP contribution in [0.4, 0.5) is 4.39 Å². The third kappa shape index (κ3) is 4.70. The minimum absolute atomic E-state index is 0.260. The Morgan fingerprint density at radius 1 is 0.793 bits per heavy atom. The maximum absolute atomic E-state index is 14.0. The Bertz CT molecular complexity index is 1100. The summed E-state index contributed by atoms with van der Waals surface area (Å²) in [5, 5.41) is 13.4. The minimum Gasteiger partial charge on any atom is -0.307 e. The summed E-state index contributed by atoms with van der Waals surface area (Å²) in [5.74, 6) is -0.260. The molecule has 0 atom stereocenters. The van der Waals surface area contributed by atoms with Gasteiger partial charge in [-0.25, -0.2) is 4.39 Å². The van der Waals surface area contributed by atoms with Gasteiger partial charge in [0.1, 0.15) is 17.2 Å². The van der Waals surface area contributed by atoms with E-state index in [1.807, 2.05) is 60.7 Å². The van der Waals surface area contributed by atoms with Gasteiger partial charge in [-0.15, -0.1) is 0 Å². The Morgan fingerprint density at radius 2 is 1.48 bits per heavy atom. The molecule has 6 heteroatoms. The van der Waals surface area contributed by atoms with E-state index < -0.39 is 0 Å². The summed E-state index contributed by atoms with van der Waals surface area (Å²) in [5.41, 5.74) is 4.14. The maximum Gasteiger partial charge on any atom is 0.128 e. The first-order valence-corrected chi connectivity index (χ1v) is 9.75. The summed E-state index contributed by atoms with van der Waals surface area (Å²) in [6.07, 6.45) is 0. The van der Waals surface area contributed by atoms with Gasteiger partial charge in [0.2, 0.25) is 0 Å². The van der Waals surface area contributed by atoms with Crippen LogP contribution >= 0.6 is 11.6 Å². The largest absolute Gasteiger partial charge is 0.307 e. The molecule has 1 heterocycles. The van der Waals surface area contributed by atoms with E-state index >= 15 is 0 Å². The van der Waals surface area contributed by atoms with Gasteiger partial charge >= 0.3 is 0 Å². The molecule has 0 bridgehead atoms. The average Bonchev–Trinajstić information content (AvgIpc) is 3.14. The van der Waals surface area contributed by atoms with Crippen molar-refractivity contribution in [2.45, 2.75) is 19.6 Å². The molecule has 1 aromatic heterocycles. The molecule has 0 amide bonds. The summed E-state index contributed by atoms with van der Waals surface area (Å²) in [7, 11) is 0. The lowest BCUT2D eigenvalue weighted by atomic mass is 10.1. The molecule has 0 radical (unpaired) electrons. The normalized spacial score (nSPS) is 11.0. The molecule has 4 nitrogen and oxygen atoms in total. The average molecular weight is 407 g/mol. The summed E-state index contributed by atoms with van der Waals surface area (Å²) in [4.78, 5) is 1.55. The van der Waals surface area contributed by atoms with E-state index in [9.17, 15) is 4.39 Å². The second-order valence-corrected chi connectivity index (χ2v) is 7.09. The quantitative estimate of drug-likeness (QED) is 0.465. The van der Waals surface area contributed by atoms with Gasteiger partial charge in [-0.05, 0) is 17.7 Å². The van der Waals surface area contributed by atoms with Crippen LogP contribution in [0.3, 0.4) is 0 Å². The molecule has 3 aromatic carbocycles. The van der Waals surface area contributed by atoms with Crippen molar-refractivity contribution in [3.8, 4) is 11.3 Å². The molecule has 4 aromatic rings. The van der Waals surface area contributed by atoms with Crippen LogP contribution in [0.2, 0.25) is 5.02 Å². The van der Waals surface area contributed by atoms with Crippen molar-refractivity contribution in [2.75, 3.05) is 0 Å². The maximum atomic E-state index is 14.0. The zero-order chi connectivity index (χ0) is 20.1. The van der Waals surface area contributed by atoms with E-state index in [1.54, 1.807) is 16.9 Å². The zero-order valence-electron chi connectivity index (χ0n) is 15.7. The van der Waals surface area contributed by atoms with Crippen molar-refractivity contribution < 1.29 is 4.39 Å². The van der Waals surface area contributed by atoms with E-state index in [2.05, 4.69) is 15.5 Å². The second kappa shape index (κ2) is 8.99. The van der Waals surface area contributed by atoms with Crippen LogP contribution in [0.25, 0.3) is 11.3 Å². The zero-order valence-corrected chi connectivity index (χ0v) is 16.5. The van der Waals surface area contributed by atoms with E-state index in [1.165, 1.54) is 6.07 Å². The Morgan fingerprint density at radius 3 is 2.24 bits per heavy atom. The Hall–Kier alpha value is -3.02. The number of benzene rings is 3. The molecule has 146 valence electrons. The number of hydrogen-bond acceptors (Lipinski definition) is 3. The van der Waals surface area contributed by atoms with Crippen LogP contribution in [0.1, 0.15) is 16.8 Å². The SMILES string of the molecule is Fc1ccccc1Cn1nc(CNCc2ccccc2Cl)c(-c2ccccc2)n1. The van der Waals surface area contributed by atoms with Crippen LogP contribution in [-0.4, -0.2) is 15.0 Å². The fraction of sp³-hybridized carbons (Fsp3) is 0.130. The fourth-order valence-electron chi connectivity index (χ4n) is 3.13. The topological polar surface area (TPSA) is 42.7 Å². The van der Waals surface area contributed by atoms with Crippen molar-refractivity contribution in [1.82, 2.24) is 20.3 Å². The molecule has 0 unspecified atom stereocenters. The number of nitrogens with zero attached hydrogens (tertiary/aromatic N) is 3. The lowest BCUT2D eigenvalue weighted by Gasteiger charge is -2.06. The highest BCUT2D eigenvalue weighted by molar-refractivity contribution is 6.31. The number of halogens is 2. The number of aromatic nitrogens is 3. The Balaban J connectivity index is 1.57. The van der Waals surface area contributed by atoms with Crippen LogP contribution < -0.4 is 5.32 Å². The second-order valence-electron chi connectivity index (χ2n) is 6.68. The highest BCUT2D eigenvalue weighted by Crippen LogP contribution is 2.21. The van der Waals surface area contributed by atoms with Gasteiger partial charge < -0.3 is 5.32 Å². The summed E-state index contributed by atoms with van der Waals surface area (Å²) in [6, 6.07) is 24.3. The molecule has 0 saturated heterocycles. The van der Waals surface area contributed by atoms with Gasteiger partial charge in [0, 0.05) is 29.2 Å². The Labute approximate surface area is 174 Å². The molecule has 0 aliphatic heterocycles. The summed E-state index contributed by atoms with van der Waals surface area (Å²) in [6.45, 7) is 1.41. The van der Waals surface area contributed by atoms with Crippen LogP contribution in [-0.2, 0) is 19.6 Å². The van der Waals surface area contributed by atoms with Gasteiger partial charge in [0.25, 0.3) is 0 Å². The van der Waals surface area contributed by atoms with Gasteiger partial charge in [-0.2, -0.15) is 15.0 Å². The molecule has 0 saturated carbocycles. The highest BCUT2D eigenvalue weighted by atomic mass is 35.5. The first-order chi connectivity index (χ1) is 14.2. The lowest BCUT2D eigenvalue weighted by Crippen LogP contribution is -2.14. The summed E-state index contributed by atoms with van der Waals surface area (Å²) >= 11 is 6.23. The van der Waals surface area contributed by atoms with Gasteiger partial charge in [-0.3, -0.25) is 0 Å². The fourth-order valence-corrected chi connectivity index (χ4v) is 3.33. The number of rotatable bonds is 7. The van der Waals surface area contributed by atoms with Crippen LogP contribution in [0.15, 0.2) is 78.9 Å². The smallest absolute Gasteiger partial charge is 0.128 e. The monoisotopic (exact) mass is 406 g/mol. The van der Waals surface area contributed by atoms with Gasteiger partial charge in [0.15, 0.2) is 0 Å². The third-order valence-electron chi connectivity index (χ3n) is 4.61. The van der Waals surface area contributed by atoms with Crippen molar-refractivity contribution in [3.05, 3.63) is 107 Å². The van der Waals surface area contributed by atoms with E-state index in [4.69, 9.17) is 11.6 Å². The molecule has 0 spiro atoms. The predicted octanol–water partition coefficient (Wildman–Crippen LogP) is 5.08. The van der Waals surface area contributed by atoms with Crippen molar-refractivity contribution in [1.29, 1.82) is 0 Å². The van der Waals surface area contributed by atoms with Crippen molar-refractivity contribution in [2.24, 2.45) is 0 Å². The molecule has 0 aliphatic rings. The standard InChI is InChI=1S/C23H20ClFN4/c24-20-12-6-4-10-18(20)14-26-15-22-23(17-8-2-1-3-9-17)28-29(27-22)16-19-11-5-7-13-21(19)25/h1-13,26H,14-16H2. The third-order valence-corrected chi connectivity index (χ3v) is 4.98. The predicted molar refractivity (Wildman–Crippen MR) is 113 cm³/mol. The van der Waals surface area contributed by atoms with Gasteiger partial charge in [-0.1, -0.05) is 78.3 Å². The van der Waals surface area contributed by atoms with Crippen LogP contribution in [0, 0.1) is 5.82 Å². The molecular weight excluding hydrogens is 387 g/mol. The highest BCUT2D eigenvalue weighted by Gasteiger charge is 2.14. The van der Waals surface area contributed by atoms with E-state index in [0.717, 1.165) is 27.5 Å². The minimum atomic E-state index is -0.260. The first kappa shape index (κ1) is 19.3. The van der Waals surface area contributed by atoms with Crippen molar-refractivity contribution >= 4 is 11.6 Å². The van der Waals surface area contributed by atoms with E-state index in [-0.39, 0.29) is 12.4 Å². The number of hydrogen-bond donors (Lipinski definition) is 1. The molecule has 4 rings (SSSR count). The molecule has 0 aliphatic carbocycles. The van der Waals surface area contributed by atoms with Crippen LogP contribution in [0.5, 0.6) is 0 Å². The summed E-state index contributed by atoms with van der Waals surface area (Å²) < 4.78 is 14.0. The number of nitrogens with one attached hydrogen (secondary N) is 1. The first-order valence-electron chi connectivity index (χ1n) is 9.37. The van der Waals surface area contributed by atoms with Gasteiger partial charge in [0.05, 0.1) is 6.54 Å². The van der Waals surface area contributed by atoms with Crippen molar-refractivity contribution in [3.63, 3.8) is 0 Å². The van der Waals surface area contributed by atoms with E-state index in [0.29, 0.717) is 18.7 Å². The Kier molecular flexibility index (Phi) is 5.98. The molecule has 29 heavy (non-hydrogen) atoms.